The summed E-state index contributed by atoms with van der Waals surface area (Å²) in [6, 6.07) is 0.388. The molecule has 1 aromatic rings. The zero-order valence-electron chi connectivity index (χ0n) is 9.24. The highest BCUT2D eigenvalue weighted by atomic mass is 32.1. The molecule has 0 radical (unpaired) electrons. The molecule has 1 fully saturated rings. The Morgan fingerprint density at radius 2 is 2.25 bits per heavy atom. The molecular formula is C11H17N3OS. The number of aromatic nitrogens is 1. The van der Waals surface area contributed by atoms with E-state index in [0.717, 1.165) is 18.0 Å². The van der Waals surface area contributed by atoms with Crippen molar-refractivity contribution in [2.75, 3.05) is 11.9 Å². The Bertz CT molecular complexity index is 320. The minimum absolute atomic E-state index is 0.0714. The van der Waals surface area contributed by atoms with Crippen LogP contribution in [-0.2, 0) is 4.79 Å². The van der Waals surface area contributed by atoms with Crippen molar-refractivity contribution in [3.8, 4) is 0 Å². The fourth-order valence-corrected chi connectivity index (χ4v) is 2.52. The number of hydrogen-bond acceptors (Lipinski definition) is 4. The van der Waals surface area contributed by atoms with E-state index in [4.69, 9.17) is 0 Å². The largest absolute Gasteiger partial charge is 0.352 e. The van der Waals surface area contributed by atoms with Crippen molar-refractivity contribution in [1.82, 2.24) is 10.3 Å². The van der Waals surface area contributed by atoms with Crippen LogP contribution in [0.2, 0.25) is 0 Å². The number of nitrogens with one attached hydrogen (secondary N) is 2. The van der Waals surface area contributed by atoms with Gasteiger partial charge in [0.25, 0.3) is 0 Å². The van der Waals surface area contributed by atoms with Crippen molar-refractivity contribution >= 4 is 22.4 Å². The highest BCUT2D eigenvalue weighted by Gasteiger charge is 2.15. The normalized spacial score (nSPS) is 17.0. The van der Waals surface area contributed by atoms with Gasteiger partial charge in [0.05, 0.1) is 6.54 Å². The Labute approximate surface area is 99.5 Å². The van der Waals surface area contributed by atoms with Gasteiger partial charge in [0.2, 0.25) is 5.91 Å². The van der Waals surface area contributed by atoms with E-state index in [0.29, 0.717) is 12.6 Å². The summed E-state index contributed by atoms with van der Waals surface area (Å²) in [5.41, 5.74) is 0. The van der Waals surface area contributed by atoms with Crippen LogP contribution in [-0.4, -0.2) is 23.5 Å². The molecule has 0 saturated heterocycles. The van der Waals surface area contributed by atoms with E-state index in [9.17, 15) is 4.79 Å². The molecule has 0 aliphatic heterocycles. The van der Waals surface area contributed by atoms with Gasteiger partial charge in [0, 0.05) is 17.6 Å². The Balaban J connectivity index is 1.67. The fraction of sp³-hybridized carbons (Fsp3) is 0.636. The maximum absolute atomic E-state index is 11.6. The summed E-state index contributed by atoms with van der Waals surface area (Å²) in [5, 5.41) is 8.76. The van der Waals surface area contributed by atoms with Gasteiger partial charge in [-0.25, -0.2) is 4.98 Å². The van der Waals surface area contributed by atoms with Crippen molar-refractivity contribution in [3.05, 3.63) is 11.6 Å². The van der Waals surface area contributed by atoms with Gasteiger partial charge in [-0.05, 0) is 12.8 Å². The number of hydrogen-bond donors (Lipinski definition) is 2. The van der Waals surface area contributed by atoms with Crippen molar-refractivity contribution < 1.29 is 4.79 Å². The highest BCUT2D eigenvalue weighted by Crippen LogP contribution is 2.17. The predicted octanol–water partition coefficient (Wildman–Crippen LogP) is 2.00. The Morgan fingerprint density at radius 1 is 1.44 bits per heavy atom. The second-order valence-corrected chi connectivity index (χ2v) is 4.99. The third kappa shape index (κ3) is 3.48. The fourth-order valence-electron chi connectivity index (χ4n) is 1.99. The van der Waals surface area contributed by atoms with Crippen LogP contribution in [0, 0.1) is 0 Å². The lowest BCUT2D eigenvalue weighted by Crippen LogP contribution is -2.39. The van der Waals surface area contributed by atoms with Crippen molar-refractivity contribution in [2.24, 2.45) is 0 Å². The molecule has 0 bridgehead atoms. The van der Waals surface area contributed by atoms with Gasteiger partial charge in [-0.3, -0.25) is 4.79 Å². The van der Waals surface area contributed by atoms with Gasteiger partial charge < -0.3 is 10.6 Å². The smallest absolute Gasteiger partial charge is 0.239 e. The van der Waals surface area contributed by atoms with Gasteiger partial charge >= 0.3 is 0 Å². The summed E-state index contributed by atoms with van der Waals surface area (Å²) >= 11 is 1.51. The molecule has 1 heterocycles. The minimum atomic E-state index is 0.0714. The second-order valence-electron chi connectivity index (χ2n) is 4.09. The van der Waals surface area contributed by atoms with Gasteiger partial charge in [-0.2, -0.15) is 0 Å². The monoisotopic (exact) mass is 239 g/mol. The van der Waals surface area contributed by atoms with E-state index in [1.807, 2.05) is 5.38 Å². The van der Waals surface area contributed by atoms with Crippen molar-refractivity contribution in [3.63, 3.8) is 0 Å². The topological polar surface area (TPSA) is 54.0 Å². The number of nitrogens with zero attached hydrogens (tertiary/aromatic N) is 1. The van der Waals surface area contributed by atoms with Crippen LogP contribution in [0.25, 0.3) is 0 Å². The number of carbonyl (C=O) groups is 1. The van der Waals surface area contributed by atoms with E-state index < -0.39 is 0 Å². The molecule has 1 aliphatic rings. The van der Waals surface area contributed by atoms with Crippen LogP contribution in [0.5, 0.6) is 0 Å². The standard InChI is InChI=1S/C11H17N3OS/c15-10(8-13-11-12-6-7-16-11)14-9-4-2-1-3-5-9/h6-7,9H,1-5,8H2,(H,12,13)(H,14,15). The first kappa shape index (κ1) is 11.4. The molecule has 1 saturated carbocycles. The van der Waals surface area contributed by atoms with Crippen molar-refractivity contribution in [2.45, 2.75) is 38.1 Å². The Kier molecular flexibility index (Phi) is 4.16. The molecule has 88 valence electrons. The molecule has 1 aliphatic carbocycles. The van der Waals surface area contributed by atoms with Gasteiger partial charge in [-0.15, -0.1) is 11.3 Å². The first-order valence-electron chi connectivity index (χ1n) is 5.77. The SMILES string of the molecule is O=C(CNc1nccs1)NC1CCCCC1. The predicted molar refractivity (Wildman–Crippen MR) is 65.6 cm³/mol. The first-order chi connectivity index (χ1) is 7.84. The van der Waals surface area contributed by atoms with E-state index in [-0.39, 0.29) is 5.91 Å². The third-order valence-corrected chi connectivity index (χ3v) is 3.53. The van der Waals surface area contributed by atoms with Crippen LogP contribution in [0.3, 0.4) is 0 Å². The third-order valence-electron chi connectivity index (χ3n) is 2.80. The van der Waals surface area contributed by atoms with Crippen LogP contribution >= 0.6 is 11.3 Å². The summed E-state index contributed by atoms with van der Waals surface area (Å²) in [4.78, 5) is 15.7. The lowest BCUT2D eigenvalue weighted by molar-refractivity contribution is -0.120. The summed E-state index contributed by atoms with van der Waals surface area (Å²) < 4.78 is 0. The Morgan fingerprint density at radius 3 is 2.94 bits per heavy atom. The van der Waals surface area contributed by atoms with Crippen LogP contribution in [0.4, 0.5) is 5.13 Å². The number of amides is 1. The Hall–Kier alpha value is -1.10. The number of carbonyl (C=O) groups excluding carboxylic acids is 1. The molecule has 0 atom stereocenters. The molecule has 2 N–H and O–H groups in total. The first-order valence-corrected chi connectivity index (χ1v) is 6.65. The van der Waals surface area contributed by atoms with Crippen LogP contribution in [0.15, 0.2) is 11.6 Å². The molecule has 2 rings (SSSR count). The highest BCUT2D eigenvalue weighted by molar-refractivity contribution is 7.13. The maximum atomic E-state index is 11.6. The molecule has 0 unspecified atom stereocenters. The quantitative estimate of drug-likeness (QED) is 0.845. The average Bonchev–Trinajstić information content (AvgIpc) is 2.81. The minimum Gasteiger partial charge on any atom is -0.352 e. The van der Waals surface area contributed by atoms with E-state index in [1.165, 1.54) is 30.6 Å². The molecule has 1 amide bonds. The number of rotatable bonds is 4. The molecule has 5 heteroatoms. The molecule has 1 aromatic heterocycles. The summed E-state index contributed by atoms with van der Waals surface area (Å²) in [6.07, 6.45) is 7.78. The van der Waals surface area contributed by atoms with E-state index in [1.54, 1.807) is 6.20 Å². The zero-order valence-corrected chi connectivity index (χ0v) is 10.1. The molecule has 16 heavy (non-hydrogen) atoms. The summed E-state index contributed by atoms with van der Waals surface area (Å²) in [7, 11) is 0. The molecular weight excluding hydrogens is 222 g/mol. The molecule has 0 aromatic carbocycles. The summed E-state index contributed by atoms with van der Waals surface area (Å²) in [5.74, 6) is 0.0714. The van der Waals surface area contributed by atoms with Gasteiger partial charge in [0.1, 0.15) is 0 Å². The number of thiazole rings is 1. The van der Waals surface area contributed by atoms with E-state index >= 15 is 0 Å². The van der Waals surface area contributed by atoms with Crippen LogP contribution in [0.1, 0.15) is 32.1 Å². The summed E-state index contributed by atoms with van der Waals surface area (Å²) in [6.45, 7) is 0.323. The number of anilines is 1. The molecule has 0 spiro atoms. The van der Waals surface area contributed by atoms with Crippen molar-refractivity contribution in [1.29, 1.82) is 0 Å². The lowest BCUT2D eigenvalue weighted by atomic mass is 9.95. The van der Waals surface area contributed by atoms with Gasteiger partial charge in [-0.1, -0.05) is 19.3 Å². The van der Waals surface area contributed by atoms with Gasteiger partial charge in [0.15, 0.2) is 5.13 Å². The zero-order chi connectivity index (χ0) is 11.2. The van der Waals surface area contributed by atoms with E-state index in [2.05, 4.69) is 15.6 Å². The second kappa shape index (κ2) is 5.84. The average molecular weight is 239 g/mol. The lowest BCUT2D eigenvalue weighted by Gasteiger charge is -2.22. The molecule has 4 nitrogen and oxygen atoms in total. The maximum Gasteiger partial charge on any atom is 0.239 e. The van der Waals surface area contributed by atoms with Crippen LogP contribution < -0.4 is 10.6 Å².